The van der Waals surface area contributed by atoms with Gasteiger partial charge < -0.3 is 13.9 Å². The van der Waals surface area contributed by atoms with E-state index in [1.807, 2.05) is 0 Å². The van der Waals surface area contributed by atoms with Crippen molar-refractivity contribution in [3.63, 3.8) is 0 Å². The second-order valence-electron chi connectivity index (χ2n) is 1.81. The van der Waals surface area contributed by atoms with Gasteiger partial charge in [-0.15, -0.1) is 11.6 Å². The van der Waals surface area contributed by atoms with Crippen molar-refractivity contribution in [3.05, 3.63) is 0 Å². The molecule has 0 aromatic heterocycles. The molecule has 0 fully saturated rings. The van der Waals surface area contributed by atoms with Gasteiger partial charge in [0.05, 0.1) is 0 Å². The van der Waals surface area contributed by atoms with Crippen LogP contribution >= 0.6 is 11.6 Å². The predicted octanol–water partition coefficient (Wildman–Crippen LogP) is 0.250. The standard InChI is InChI=1S/C5H13ClO3Si/c1-5(7-2,8-3)9-10-4-6/h4,10H2,1-3H3. The molecule has 0 rings (SSSR count). The minimum atomic E-state index is -0.888. The monoisotopic (exact) mass is 184 g/mol. The third-order valence-electron chi connectivity index (χ3n) is 1.18. The summed E-state index contributed by atoms with van der Waals surface area (Å²) in [5.74, 6) is -0.888. The Morgan fingerprint density at radius 1 is 1.40 bits per heavy atom. The Balaban J connectivity index is 3.58. The molecule has 5 heteroatoms. The van der Waals surface area contributed by atoms with E-state index in [4.69, 9.17) is 25.5 Å². The van der Waals surface area contributed by atoms with Gasteiger partial charge in [0, 0.05) is 26.6 Å². The van der Waals surface area contributed by atoms with Crippen LogP contribution in [0.2, 0.25) is 0 Å². The molecule has 3 nitrogen and oxygen atoms in total. The van der Waals surface area contributed by atoms with E-state index in [2.05, 4.69) is 0 Å². The van der Waals surface area contributed by atoms with E-state index in [0.29, 0.717) is 5.50 Å². The van der Waals surface area contributed by atoms with E-state index in [-0.39, 0.29) is 0 Å². The van der Waals surface area contributed by atoms with Crippen molar-refractivity contribution < 1.29 is 13.9 Å². The Morgan fingerprint density at radius 3 is 2.20 bits per heavy atom. The molecule has 0 radical (unpaired) electrons. The maximum absolute atomic E-state index is 5.45. The summed E-state index contributed by atoms with van der Waals surface area (Å²) in [6.45, 7) is 1.71. The molecule has 0 aliphatic carbocycles. The summed E-state index contributed by atoms with van der Waals surface area (Å²) in [6.07, 6.45) is 0. The van der Waals surface area contributed by atoms with Gasteiger partial charge in [0.25, 0.3) is 5.97 Å². The van der Waals surface area contributed by atoms with Crippen LogP contribution in [0.25, 0.3) is 0 Å². The maximum Gasteiger partial charge on any atom is 0.269 e. The lowest BCUT2D eigenvalue weighted by atomic mass is 10.7. The molecule has 0 aliphatic heterocycles. The maximum atomic E-state index is 5.45. The van der Waals surface area contributed by atoms with Crippen LogP contribution in [0.15, 0.2) is 0 Å². The average molecular weight is 185 g/mol. The first kappa shape index (κ1) is 10.4. The molecule has 0 spiro atoms. The molecule has 0 N–H and O–H groups in total. The van der Waals surface area contributed by atoms with E-state index < -0.39 is 15.7 Å². The van der Waals surface area contributed by atoms with Gasteiger partial charge in [0.2, 0.25) is 0 Å². The Hall–Kier alpha value is 0.387. The summed E-state index contributed by atoms with van der Waals surface area (Å²) >= 11 is 5.45. The number of halogens is 1. The SMILES string of the molecule is COC(C)(OC)O[SiH2]CCl. The van der Waals surface area contributed by atoms with Gasteiger partial charge in [0.15, 0.2) is 9.76 Å². The van der Waals surface area contributed by atoms with Gasteiger partial charge in [-0.3, -0.25) is 0 Å². The highest BCUT2D eigenvalue weighted by atomic mass is 35.5. The van der Waals surface area contributed by atoms with E-state index >= 15 is 0 Å². The first-order valence-electron chi connectivity index (χ1n) is 2.98. The molecule has 0 aromatic carbocycles. The zero-order valence-corrected chi connectivity index (χ0v) is 8.69. The van der Waals surface area contributed by atoms with Gasteiger partial charge in [-0.2, -0.15) is 0 Å². The zero-order chi connectivity index (χ0) is 8.04. The highest BCUT2D eigenvalue weighted by Crippen LogP contribution is 2.09. The van der Waals surface area contributed by atoms with Crippen molar-refractivity contribution in [2.24, 2.45) is 0 Å². The highest BCUT2D eigenvalue weighted by molar-refractivity contribution is 6.45. The Bertz CT molecular complexity index is 87.0. The number of alkyl halides is 1. The van der Waals surface area contributed by atoms with Crippen LogP contribution in [0.4, 0.5) is 0 Å². The Kier molecular flexibility index (Phi) is 5.29. The van der Waals surface area contributed by atoms with Gasteiger partial charge in [0.1, 0.15) is 0 Å². The van der Waals surface area contributed by atoms with Gasteiger partial charge in [-0.25, -0.2) is 0 Å². The molecular formula is C5H13ClO3Si. The molecule has 0 saturated heterocycles. The number of hydrogen-bond acceptors (Lipinski definition) is 3. The van der Waals surface area contributed by atoms with Crippen LogP contribution in [0, 0.1) is 0 Å². The van der Waals surface area contributed by atoms with Crippen LogP contribution in [0.1, 0.15) is 6.92 Å². The molecule has 62 valence electrons. The largest absolute Gasteiger partial charge is 0.375 e. The van der Waals surface area contributed by atoms with Crippen molar-refractivity contribution in [3.8, 4) is 0 Å². The van der Waals surface area contributed by atoms with Crippen LogP contribution in [-0.2, 0) is 13.9 Å². The minimum Gasteiger partial charge on any atom is -0.375 e. The fourth-order valence-corrected chi connectivity index (χ4v) is 1.34. The van der Waals surface area contributed by atoms with Crippen molar-refractivity contribution in [1.29, 1.82) is 0 Å². The molecule has 0 unspecified atom stereocenters. The Labute approximate surface area is 68.5 Å². The van der Waals surface area contributed by atoms with Gasteiger partial charge in [-0.05, 0) is 0 Å². The van der Waals surface area contributed by atoms with E-state index in [0.717, 1.165) is 0 Å². The highest BCUT2D eigenvalue weighted by Gasteiger charge is 2.22. The average Bonchev–Trinajstić information content (AvgIpc) is 2.00. The van der Waals surface area contributed by atoms with Crippen molar-refractivity contribution in [2.45, 2.75) is 12.9 Å². The lowest BCUT2D eigenvalue weighted by Gasteiger charge is -2.25. The molecule has 0 aromatic rings. The number of methoxy groups -OCH3 is 2. The van der Waals surface area contributed by atoms with Crippen molar-refractivity contribution >= 4 is 21.4 Å². The molecule has 0 saturated carbocycles. The molecule has 10 heavy (non-hydrogen) atoms. The lowest BCUT2D eigenvalue weighted by molar-refractivity contribution is -0.310. The van der Waals surface area contributed by atoms with E-state index in [1.165, 1.54) is 14.2 Å². The summed E-state index contributed by atoms with van der Waals surface area (Å²) < 4.78 is 15.1. The summed E-state index contributed by atoms with van der Waals surface area (Å²) in [5.41, 5.74) is 0.572. The topological polar surface area (TPSA) is 27.7 Å². The number of rotatable bonds is 5. The third kappa shape index (κ3) is 3.53. The lowest BCUT2D eigenvalue weighted by Crippen LogP contribution is -2.35. The fourth-order valence-electron chi connectivity index (χ4n) is 0.425. The summed E-state index contributed by atoms with van der Waals surface area (Å²) in [5, 5.41) is 0. The molecular weight excluding hydrogens is 172 g/mol. The van der Waals surface area contributed by atoms with Crippen LogP contribution in [-0.4, -0.2) is 35.5 Å². The van der Waals surface area contributed by atoms with Crippen LogP contribution < -0.4 is 0 Å². The van der Waals surface area contributed by atoms with Crippen LogP contribution in [0.3, 0.4) is 0 Å². The second-order valence-corrected chi connectivity index (χ2v) is 4.02. The first-order valence-corrected chi connectivity index (χ1v) is 5.10. The predicted molar refractivity (Wildman–Crippen MR) is 42.8 cm³/mol. The molecule has 0 aliphatic rings. The summed E-state index contributed by atoms with van der Waals surface area (Å²) in [7, 11) is 2.38. The smallest absolute Gasteiger partial charge is 0.269 e. The second kappa shape index (κ2) is 5.09. The third-order valence-corrected chi connectivity index (χ3v) is 2.53. The van der Waals surface area contributed by atoms with Crippen molar-refractivity contribution in [1.82, 2.24) is 0 Å². The molecule has 0 atom stereocenters. The number of ether oxygens (including phenoxy) is 2. The van der Waals surface area contributed by atoms with Crippen molar-refractivity contribution in [2.75, 3.05) is 19.7 Å². The molecule has 0 bridgehead atoms. The van der Waals surface area contributed by atoms with Gasteiger partial charge >= 0.3 is 0 Å². The number of hydrogen-bond donors (Lipinski definition) is 0. The molecule has 0 amide bonds. The van der Waals surface area contributed by atoms with Gasteiger partial charge in [-0.1, -0.05) is 0 Å². The Morgan fingerprint density at radius 2 is 1.90 bits per heavy atom. The normalized spacial score (nSPS) is 13.2. The first-order chi connectivity index (χ1) is 4.68. The quantitative estimate of drug-likeness (QED) is 0.348. The summed E-state index contributed by atoms with van der Waals surface area (Å²) in [4.78, 5) is 0. The zero-order valence-electron chi connectivity index (χ0n) is 6.52. The minimum absolute atomic E-state index is 0.572. The van der Waals surface area contributed by atoms with Crippen LogP contribution in [0.5, 0.6) is 0 Å². The van der Waals surface area contributed by atoms with E-state index in [1.54, 1.807) is 6.92 Å². The fraction of sp³-hybridized carbons (Fsp3) is 1.00. The van der Waals surface area contributed by atoms with E-state index in [9.17, 15) is 0 Å². The summed E-state index contributed by atoms with van der Waals surface area (Å²) in [6, 6.07) is 0. The molecule has 0 heterocycles.